The second-order valence-electron chi connectivity index (χ2n) is 4.42. The molecule has 1 aliphatic heterocycles. The maximum absolute atomic E-state index is 10.3. The van der Waals surface area contributed by atoms with Crippen molar-refractivity contribution >= 4 is 27.3 Å². The number of fused-ring (bicyclic) bond motifs is 1. The molecule has 3 rings (SSSR count). The van der Waals surface area contributed by atoms with Crippen LogP contribution in [0.4, 0.5) is 0 Å². The van der Waals surface area contributed by atoms with Crippen molar-refractivity contribution in [3.63, 3.8) is 0 Å². The Morgan fingerprint density at radius 2 is 2.26 bits per heavy atom. The molecule has 2 aromatic rings. The number of benzene rings is 1. The van der Waals surface area contributed by atoms with E-state index >= 15 is 0 Å². The third kappa shape index (κ3) is 2.78. The van der Waals surface area contributed by atoms with Crippen LogP contribution in [0.25, 0.3) is 0 Å². The van der Waals surface area contributed by atoms with E-state index in [9.17, 15) is 5.11 Å². The lowest BCUT2D eigenvalue weighted by atomic mass is 10.0. The maximum atomic E-state index is 10.3. The number of hydrogen-bond acceptors (Lipinski definition) is 4. The van der Waals surface area contributed by atoms with E-state index in [4.69, 9.17) is 9.47 Å². The van der Waals surface area contributed by atoms with Crippen LogP contribution < -0.4 is 9.47 Å². The van der Waals surface area contributed by atoms with Gasteiger partial charge in [-0.3, -0.25) is 0 Å². The SMILES string of the molecule is OC(CCc1ccsc1)c1cc(Br)c2c(c1)OCO2. The fourth-order valence-electron chi connectivity index (χ4n) is 2.08. The number of ether oxygens (including phenoxy) is 2. The van der Waals surface area contributed by atoms with Gasteiger partial charge in [-0.25, -0.2) is 0 Å². The molecule has 0 aliphatic carbocycles. The summed E-state index contributed by atoms with van der Waals surface area (Å²) in [5.41, 5.74) is 2.12. The van der Waals surface area contributed by atoms with Crippen molar-refractivity contribution in [2.75, 3.05) is 6.79 Å². The average Bonchev–Trinajstić information content (AvgIpc) is 3.06. The van der Waals surface area contributed by atoms with E-state index < -0.39 is 6.10 Å². The van der Waals surface area contributed by atoms with Gasteiger partial charge < -0.3 is 14.6 Å². The number of aliphatic hydroxyl groups excluding tert-OH is 1. The molecule has 1 N–H and O–H groups in total. The van der Waals surface area contributed by atoms with Crippen LogP contribution >= 0.6 is 27.3 Å². The minimum Gasteiger partial charge on any atom is -0.454 e. The molecular weight excluding hydrogens is 328 g/mol. The molecule has 0 radical (unpaired) electrons. The zero-order chi connectivity index (χ0) is 13.2. The van der Waals surface area contributed by atoms with Crippen molar-refractivity contribution in [2.24, 2.45) is 0 Å². The van der Waals surface area contributed by atoms with Gasteiger partial charge in [-0.2, -0.15) is 11.3 Å². The Kier molecular flexibility index (Phi) is 3.77. The Morgan fingerprint density at radius 3 is 3.05 bits per heavy atom. The minimum absolute atomic E-state index is 0.238. The van der Waals surface area contributed by atoms with E-state index in [-0.39, 0.29) is 6.79 Å². The number of halogens is 1. The Bertz CT molecular complexity index is 568. The smallest absolute Gasteiger partial charge is 0.231 e. The second-order valence-corrected chi connectivity index (χ2v) is 6.06. The lowest BCUT2D eigenvalue weighted by molar-refractivity contribution is 0.166. The summed E-state index contributed by atoms with van der Waals surface area (Å²) in [6.07, 6.45) is 1.07. The fraction of sp³-hybridized carbons (Fsp3) is 0.286. The van der Waals surface area contributed by atoms with Gasteiger partial charge in [0, 0.05) is 0 Å². The molecule has 1 atom stereocenters. The van der Waals surface area contributed by atoms with Gasteiger partial charge in [-0.15, -0.1) is 0 Å². The minimum atomic E-state index is -0.495. The van der Waals surface area contributed by atoms with Gasteiger partial charge in [0.25, 0.3) is 0 Å². The topological polar surface area (TPSA) is 38.7 Å². The van der Waals surface area contributed by atoms with E-state index in [1.807, 2.05) is 12.1 Å². The van der Waals surface area contributed by atoms with E-state index in [1.165, 1.54) is 5.56 Å². The zero-order valence-corrected chi connectivity index (χ0v) is 12.5. The summed E-state index contributed by atoms with van der Waals surface area (Å²) in [6, 6.07) is 5.84. The molecule has 2 heterocycles. The molecule has 1 unspecified atom stereocenters. The fourth-order valence-corrected chi connectivity index (χ4v) is 3.36. The van der Waals surface area contributed by atoms with Crippen LogP contribution in [0.1, 0.15) is 23.7 Å². The average molecular weight is 341 g/mol. The Balaban J connectivity index is 1.73. The predicted octanol–water partition coefficient (Wildman–Crippen LogP) is 3.91. The molecule has 1 aromatic carbocycles. The third-order valence-electron chi connectivity index (χ3n) is 3.12. The molecule has 5 heteroatoms. The Hall–Kier alpha value is -1.04. The van der Waals surface area contributed by atoms with Gasteiger partial charge in [0.05, 0.1) is 10.6 Å². The second kappa shape index (κ2) is 5.53. The van der Waals surface area contributed by atoms with Crippen LogP contribution in [0, 0.1) is 0 Å². The van der Waals surface area contributed by atoms with Crippen molar-refractivity contribution in [2.45, 2.75) is 18.9 Å². The molecule has 19 heavy (non-hydrogen) atoms. The highest BCUT2D eigenvalue weighted by Crippen LogP contribution is 2.41. The standard InChI is InChI=1S/C14H13BrO3S/c15-11-5-10(6-13-14(11)18-8-17-13)12(16)2-1-9-3-4-19-7-9/h3-7,12,16H,1-2,8H2. The normalized spacial score (nSPS) is 14.6. The highest BCUT2D eigenvalue weighted by Gasteiger charge is 2.20. The molecule has 100 valence electrons. The zero-order valence-electron chi connectivity index (χ0n) is 10.1. The van der Waals surface area contributed by atoms with Gasteiger partial charge in [0.15, 0.2) is 11.5 Å². The highest BCUT2D eigenvalue weighted by molar-refractivity contribution is 9.10. The van der Waals surface area contributed by atoms with Crippen molar-refractivity contribution < 1.29 is 14.6 Å². The van der Waals surface area contributed by atoms with E-state index in [0.29, 0.717) is 17.9 Å². The van der Waals surface area contributed by atoms with Crippen molar-refractivity contribution in [1.82, 2.24) is 0 Å². The van der Waals surface area contributed by atoms with Crippen molar-refractivity contribution in [1.29, 1.82) is 0 Å². The quantitative estimate of drug-likeness (QED) is 0.917. The van der Waals surface area contributed by atoms with Crippen molar-refractivity contribution in [3.8, 4) is 11.5 Å². The molecule has 0 fully saturated rings. The summed E-state index contributed by atoms with van der Waals surface area (Å²) in [5, 5.41) is 14.4. The van der Waals surface area contributed by atoms with E-state index in [1.54, 1.807) is 11.3 Å². The van der Waals surface area contributed by atoms with Crippen LogP contribution in [0.5, 0.6) is 11.5 Å². The first-order chi connectivity index (χ1) is 9.24. The lowest BCUT2D eigenvalue weighted by Crippen LogP contribution is -1.99. The summed E-state index contributed by atoms with van der Waals surface area (Å²) in [6.45, 7) is 0.238. The van der Waals surface area contributed by atoms with Crippen LogP contribution in [0.15, 0.2) is 33.4 Å². The summed E-state index contributed by atoms with van der Waals surface area (Å²) in [4.78, 5) is 0. The molecule has 0 bridgehead atoms. The molecule has 0 amide bonds. The first-order valence-electron chi connectivity index (χ1n) is 6.02. The molecular formula is C14H13BrO3S. The number of aliphatic hydroxyl groups is 1. The summed E-state index contributed by atoms with van der Waals surface area (Å²) in [7, 11) is 0. The molecule has 1 aliphatic rings. The summed E-state index contributed by atoms with van der Waals surface area (Å²) >= 11 is 5.12. The van der Waals surface area contributed by atoms with E-state index in [2.05, 4.69) is 32.8 Å². The molecule has 1 aromatic heterocycles. The van der Waals surface area contributed by atoms with Gasteiger partial charge in [0.2, 0.25) is 6.79 Å². The molecule has 3 nitrogen and oxygen atoms in total. The predicted molar refractivity (Wildman–Crippen MR) is 77.9 cm³/mol. The molecule has 0 saturated heterocycles. The largest absolute Gasteiger partial charge is 0.454 e. The third-order valence-corrected chi connectivity index (χ3v) is 4.44. The number of hydrogen-bond donors (Lipinski definition) is 1. The van der Waals surface area contributed by atoms with Crippen LogP contribution in [-0.2, 0) is 6.42 Å². The molecule has 0 spiro atoms. The highest BCUT2D eigenvalue weighted by atomic mass is 79.9. The van der Waals surface area contributed by atoms with Gasteiger partial charge in [0.1, 0.15) is 0 Å². The van der Waals surface area contributed by atoms with Crippen LogP contribution in [0.3, 0.4) is 0 Å². The van der Waals surface area contributed by atoms with E-state index in [0.717, 1.165) is 16.5 Å². The first kappa shape index (κ1) is 13.0. The summed E-state index contributed by atoms with van der Waals surface area (Å²) in [5.74, 6) is 1.41. The van der Waals surface area contributed by atoms with Gasteiger partial charge in [-0.1, -0.05) is 0 Å². The number of aryl methyl sites for hydroxylation is 1. The lowest BCUT2D eigenvalue weighted by Gasteiger charge is -2.12. The first-order valence-corrected chi connectivity index (χ1v) is 7.76. The number of rotatable bonds is 4. The van der Waals surface area contributed by atoms with Crippen molar-refractivity contribution in [3.05, 3.63) is 44.6 Å². The number of thiophene rings is 1. The van der Waals surface area contributed by atoms with Crippen LogP contribution in [-0.4, -0.2) is 11.9 Å². The van der Waals surface area contributed by atoms with Gasteiger partial charge in [-0.05, 0) is 68.9 Å². The molecule has 0 saturated carbocycles. The monoisotopic (exact) mass is 340 g/mol. The maximum Gasteiger partial charge on any atom is 0.231 e. The Labute approximate surface area is 123 Å². The van der Waals surface area contributed by atoms with Gasteiger partial charge >= 0.3 is 0 Å². The summed E-state index contributed by atoms with van der Waals surface area (Å²) < 4.78 is 11.5. The van der Waals surface area contributed by atoms with Crippen LogP contribution in [0.2, 0.25) is 0 Å². The Morgan fingerprint density at radius 1 is 1.37 bits per heavy atom.